The summed E-state index contributed by atoms with van der Waals surface area (Å²) in [5.74, 6) is -1.31. The van der Waals surface area contributed by atoms with E-state index in [0.717, 1.165) is 42.9 Å². The largest absolute Gasteiger partial charge is 0.477 e. The van der Waals surface area contributed by atoms with Gasteiger partial charge in [-0.3, -0.25) is 9.36 Å². The van der Waals surface area contributed by atoms with E-state index in [2.05, 4.69) is 4.98 Å². The Morgan fingerprint density at radius 2 is 1.94 bits per heavy atom. The molecule has 0 spiro atoms. The van der Waals surface area contributed by atoms with Crippen LogP contribution in [0.3, 0.4) is 0 Å². The number of carboxylic acids is 1. The maximum absolute atomic E-state index is 11.9. The molecule has 92 valence electrons. The molecule has 0 bridgehead atoms. The highest BCUT2D eigenvalue weighted by Gasteiger charge is 2.21. The summed E-state index contributed by atoms with van der Waals surface area (Å²) in [5, 5.41) is 8.84. The molecule has 1 heterocycles. The first-order valence-electron chi connectivity index (χ1n) is 5.69. The lowest BCUT2D eigenvalue weighted by atomic mass is 9.95. The number of carbonyl (C=O) groups is 1. The SMILES string of the molecule is O=C(O)c1c[nH]c(=O)n(C2CCCCC2)c1=O. The van der Waals surface area contributed by atoms with Gasteiger partial charge >= 0.3 is 11.7 Å². The second-order valence-electron chi connectivity index (χ2n) is 4.28. The van der Waals surface area contributed by atoms with Gasteiger partial charge in [0.15, 0.2) is 0 Å². The minimum Gasteiger partial charge on any atom is -0.477 e. The van der Waals surface area contributed by atoms with Crippen molar-refractivity contribution in [1.29, 1.82) is 0 Å². The molecule has 1 aliphatic carbocycles. The van der Waals surface area contributed by atoms with Crippen LogP contribution in [0, 0.1) is 0 Å². The number of hydrogen-bond acceptors (Lipinski definition) is 3. The van der Waals surface area contributed by atoms with Crippen LogP contribution in [0.1, 0.15) is 48.5 Å². The Kier molecular flexibility index (Phi) is 3.12. The van der Waals surface area contributed by atoms with Gasteiger partial charge in [-0.1, -0.05) is 19.3 Å². The fourth-order valence-corrected chi connectivity index (χ4v) is 2.31. The van der Waals surface area contributed by atoms with Crippen LogP contribution in [0.25, 0.3) is 0 Å². The molecule has 17 heavy (non-hydrogen) atoms. The number of hydrogen-bond donors (Lipinski definition) is 2. The Hall–Kier alpha value is -1.85. The molecule has 6 nitrogen and oxygen atoms in total. The number of aromatic amines is 1. The lowest BCUT2D eigenvalue weighted by Gasteiger charge is -2.22. The second-order valence-corrected chi connectivity index (χ2v) is 4.28. The van der Waals surface area contributed by atoms with E-state index in [4.69, 9.17) is 5.11 Å². The summed E-state index contributed by atoms with van der Waals surface area (Å²) in [4.78, 5) is 36.7. The zero-order chi connectivity index (χ0) is 12.4. The van der Waals surface area contributed by atoms with Crippen molar-refractivity contribution in [2.45, 2.75) is 38.1 Å². The molecule has 1 aromatic heterocycles. The van der Waals surface area contributed by atoms with E-state index >= 15 is 0 Å². The first-order chi connectivity index (χ1) is 8.11. The Morgan fingerprint density at radius 1 is 1.29 bits per heavy atom. The number of aromatic carboxylic acids is 1. The van der Waals surface area contributed by atoms with Gasteiger partial charge in [0.25, 0.3) is 5.56 Å². The summed E-state index contributed by atoms with van der Waals surface area (Å²) in [6.07, 6.45) is 5.51. The number of aromatic nitrogens is 2. The monoisotopic (exact) mass is 238 g/mol. The number of rotatable bonds is 2. The molecular weight excluding hydrogens is 224 g/mol. The van der Waals surface area contributed by atoms with Gasteiger partial charge in [-0.25, -0.2) is 9.59 Å². The van der Waals surface area contributed by atoms with Gasteiger partial charge in [0.1, 0.15) is 5.56 Å². The first kappa shape index (κ1) is 11.6. The lowest BCUT2D eigenvalue weighted by Crippen LogP contribution is -2.41. The van der Waals surface area contributed by atoms with Gasteiger partial charge in [-0.15, -0.1) is 0 Å². The number of nitrogens with zero attached hydrogens (tertiary/aromatic N) is 1. The summed E-state index contributed by atoms with van der Waals surface area (Å²) in [6, 6.07) is -0.167. The topological polar surface area (TPSA) is 92.2 Å². The second kappa shape index (κ2) is 4.57. The van der Waals surface area contributed by atoms with Gasteiger partial charge in [-0.05, 0) is 12.8 Å². The Labute approximate surface area is 96.9 Å². The molecule has 1 aliphatic rings. The third-order valence-corrected chi connectivity index (χ3v) is 3.18. The zero-order valence-electron chi connectivity index (χ0n) is 9.31. The molecule has 0 aromatic carbocycles. The predicted molar refractivity (Wildman–Crippen MR) is 60.4 cm³/mol. The highest BCUT2D eigenvalue weighted by molar-refractivity contribution is 5.86. The molecule has 0 amide bonds. The summed E-state index contributed by atoms with van der Waals surface area (Å²) in [5.41, 5.74) is -1.60. The Morgan fingerprint density at radius 3 is 2.53 bits per heavy atom. The molecule has 1 fully saturated rings. The number of carboxylic acid groups (broad SMARTS) is 1. The van der Waals surface area contributed by atoms with Crippen molar-refractivity contribution in [2.75, 3.05) is 0 Å². The van der Waals surface area contributed by atoms with Crippen LogP contribution in [0.4, 0.5) is 0 Å². The summed E-state index contributed by atoms with van der Waals surface area (Å²) < 4.78 is 1.06. The number of H-pyrrole nitrogens is 1. The molecule has 0 aliphatic heterocycles. The maximum Gasteiger partial charge on any atom is 0.342 e. The quantitative estimate of drug-likeness (QED) is 0.794. The van der Waals surface area contributed by atoms with E-state index in [1.54, 1.807) is 0 Å². The third kappa shape index (κ3) is 2.15. The molecule has 2 N–H and O–H groups in total. The van der Waals surface area contributed by atoms with Crippen molar-refractivity contribution < 1.29 is 9.90 Å². The van der Waals surface area contributed by atoms with Crippen LogP contribution < -0.4 is 11.2 Å². The Bertz CT molecular complexity index is 537. The van der Waals surface area contributed by atoms with Crippen molar-refractivity contribution in [3.8, 4) is 0 Å². The van der Waals surface area contributed by atoms with Crippen molar-refractivity contribution >= 4 is 5.97 Å². The van der Waals surface area contributed by atoms with Gasteiger partial charge in [0, 0.05) is 12.2 Å². The molecular formula is C11H14N2O4. The fraction of sp³-hybridized carbons (Fsp3) is 0.545. The van der Waals surface area contributed by atoms with E-state index < -0.39 is 17.2 Å². The summed E-state index contributed by atoms with van der Waals surface area (Å²) >= 11 is 0. The van der Waals surface area contributed by atoms with Crippen LogP contribution in [0.2, 0.25) is 0 Å². The molecule has 2 rings (SSSR count). The van der Waals surface area contributed by atoms with Crippen LogP contribution >= 0.6 is 0 Å². The molecule has 1 aromatic rings. The highest BCUT2D eigenvalue weighted by atomic mass is 16.4. The molecule has 0 unspecified atom stereocenters. The van der Waals surface area contributed by atoms with Crippen molar-refractivity contribution in [3.05, 3.63) is 32.6 Å². The average molecular weight is 238 g/mol. The van der Waals surface area contributed by atoms with Gasteiger partial charge in [0.2, 0.25) is 0 Å². The van der Waals surface area contributed by atoms with Gasteiger partial charge in [0.05, 0.1) is 0 Å². The van der Waals surface area contributed by atoms with E-state index in [9.17, 15) is 14.4 Å². The molecule has 0 saturated heterocycles. The molecule has 0 atom stereocenters. The third-order valence-electron chi connectivity index (χ3n) is 3.18. The summed E-state index contributed by atoms with van der Waals surface area (Å²) in [7, 11) is 0. The van der Waals surface area contributed by atoms with Crippen LogP contribution in [-0.2, 0) is 0 Å². The van der Waals surface area contributed by atoms with E-state index in [1.807, 2.05) is 0 Å². The maximum atomic E-state index is 11.9. The highest BCUT2D eigenvalue weighted by Crippen LogP contribution is 2.25. The number of nitrogens with one attached hydrogen (secondary N) is 1. The van der Waals surface area contributed by atoms with E-state index in [0.29, 0.717) is 0 Å². The van der Waals surface area contributed by atoms with Gasteiger partial charge in [-0.2, -0.15) is 0 Å². The zero-order valence-corrected chi connectivity index (χ0v) is 9.31. The van der Waals surface area contributed by atoms with Crippen LogP contribution in [-0.4, -0.2) is 20.6 Å². The Balaban J connectivity index is 2.52. The van der Waals surface area contributed by atoms with Crippen molar-refractivity contribution in [1.82, 2.24) is 9.55 Å². The van der Waals surface area contributed by atoms with E-state index in [1.165, 1.54) is 0 Å². The smallest absolute Gasteiger partial charge is 0.342 e. The fourth-order valence-electron chi connectivity index (χ4n) is 2.31. The van der Waals surface area contributed by atoms with Crippen LogP contribution in [0.5, 0.6) is 0 Å². The van der Waals surface area contributed by atoms with Crippen molar-refractivity contribution in [2.24, 2.45) is 0 Å². The predicted octanol–water partition coefficient (Wildman–Crippen LogP) is 0.740. The minimum absolute atomic E-state index is 0.167. The lowest BCUT2D eigenvalue weighted by molar-refractivity contribution is 0.0693. The van der Waals surface area contributed by atoms with Crippen LogP contribution in [0.15, 0.2) is 15.8 Å². The normalized spacial score (nSPS) is 16.9. The molecule has 6 heteroatoms. The molecule has 1 saturated carbocycles. The molecule has 0 radical (unpaired) electrons. The van der Waals surface area contributed by atoms with Gasteiger partial charge < -0.3 is 10.1 Å². The average Bonchev–Trinajstić information content (AvgIpc) is 2.30. The van der Waals surface area contributed by atoms with E-state index in [-0.39, 0.29) is 11.6 Å². The first-order valence-corrected chi connectivity index (χ1v) is 5.69. The van der Waals surface area contributed by atoms with Crippen molar-refractivity contribution in [3.63, 3.8) is 0 Å². The summed E-state index contributed by atoms with van der Waals surface area (Å²) in [6.45, 7) is 0. The minimum atomic E-state index is -1.31. The standard InChI is InChI=1S/C11H14N2O4/c14-9-8(10(15)16)6-12-11(17)13(9)7-4-2-1-3-5-7/h6-7H,1-5H2,(H,12,17)(H,15,16).